The van der Waals surface area contributed by atoms with Gasteiger partial charge in [-0.1, -0.05) is 42.7 Å². The number of carbonyl (C=O) groups is 2. The first-order valence-corrected chi connectivity index (χ1v) is 9.42. The van der Waals surface area contributed by atoms with E-state index >= 15 is 0 Å². The fourth-order valence-electron chi connectivity index (χ4n) is 4.28. The van der Waals surface area contributed by atoms with Crippen molar-refractivity contribution in [2.45, 2.75) is 72.8 Å². The highest BCUT2D eigenvalue weighted by molar-refractivity contribution is 6.00. The van der Waals surface area contributed by atoms with Gasteiger partial charge in [0.1, 0.15) is 0 Å². The predicted octanol–water partition coefficient (Wildman–Crippen LogP) is 5.17. The minimum Gasteiger partial charge on any atom is -0.451 e. The normalized spacial score (nSPS) is 28.8. The minimum absolute atomic E-state index is 0.0403. The lowest BCUT2D eigenvalue weighted by Crippen LogP contribution is -2.53. The van der Waals surface area contributed by atoms with E-state index in [1.807, 2.05) is 0 Å². The van der Waals surface area contributed by atoms with Crippen LogP contribution in [0.25, 0.3) is 0 Å². The van der Waals surface area contributed by atoms with Crippen molar-refractivity contribution in [2.24, 2.45) is 17.8 Å². The molecule has 0 aromatic carbocycles. The first kappa shape index (κ1) is 19.7. The van der Waals surface area contributed by atoms with Gasteiger partial charge in [-0.05, 0) is 64.4 Å². The third kappa shape index (κ3) is 4.31. The van der Waals surface area contributed by atoms with Crippen LogP contribution in [-0.2, 0) is 14.3 Å². The summed E-state index contributed by atoms with van der Waals surface area (Å²) in [5, 5.41) is 0. The van der Waals surface area contributed by atoms with Gasteiger partial charge in [-0.15, -0.1) is 0 Å². The first-order chi connectivity index (χ1) is 11.6. The smallest absolute Gasteiger partial charge is 0.303 e. The Bertz CT molecular complexity index is 632. The van der Waals surface area contributed by atoms with Crippen LogP contribution in [0.3, 0.4) is 0 Å². The van der Waals surface area contributed by atoms with Crippen molar-refractivity contribution in [1.82, 2.24) is 0 Å². The Balaban J connectivity index is 2.30. The van der Waals surface area contributed by atoms with Crippen LogP contribution in [0, 0.1) is 17.8 Å². The van der Waals surface area contributed by atoms with Gasteiger partial charge in [0.25, 0.3) is 0 Å². The Morgan fingerprint density at radius 3 is 2.60 bits per heavy atom. The lowest BCUT2D eigenvalue weighted by atomic mass is 9.61. The summed E-state index contributed by atoms with van der Waals surface area (Å²) in [6, 6.07) is 0. The molecule has 2 aliphatic rings. The molecule has 0 heterocycles. The zero-order chi connectivity index (χ0) is 18.8. The molecule has 3 heteroatoms. The van der Waals surface area contributed by atoms with Crippen molar-refractivity contribution in [1.29, 1.82) is 0 Å². The van der Waals surface area contributed by atoms with Crippen LogP contribution in [0.5, 0.6) is 0 Å². The van der Waals surface area contributed by atoms with Gasteiger partial charge in [0.2, 0.25) is 0 Å². The van der Waals surface area contributed by atoms with Gasteiger partial charge in [0.05, 0.1) is 0 Å². The molecule has 0 bridgehead atoms. The lowest BCUT2D eigenvalue weighted by molar-refractivity contribution is -0.171. The summed E-state index contributed by atoms with van der Waals surface area (Å²) in [6.45, 7) is 11.7. The number of carbonyl (C=O) groups excluding carboxylic acids is 2. The first-order valence-electron chi connectivity index (χ1n) is 9.42. The highest BCUT2D eigenvalue weighted by Crippen LogP contribution is 2.48. The predicted molar refractivity (Wildman–Crippen MR) is 101 cm³/mol. The summed E-state index contributed by atoms with van der Waals surface area (Å²) in [5.41, 5.74) is 3.00. The number of hydrogen-bond donors (Lipinski definition) is 0. The van der Waals surface area contributed by atoms with Gasteiger partial charge in [0.15, 0.2) is 11.4 Å². The molecule has 0 amide bonds. The highest BCUT2D eigenvalue weighted by Gasteiger charge is 2.51. The van der Waals surface area contributed by atoms with Crippen molar-refractivity contribution in [3.63, 3.8) is 0 Å². The maximum atomic E-state index is 12.8. The van der Waals surface area contributed by atoms with Gasteiger partial charge in [-0.25, -0.2) is 0 Å². The summed E-state index contributed by atoms with van der Waals surface area (Å²) in [6.07, 6.45) is 10.2. The molecule has 3 nitrogen and oxygen atoms in total. The second-order valence-corrected chi connectivity index (χ2v) is 8.20. The maximum Gasteiger partial charge on any atom is 0.303 e. The van der Waals surface area contributed by atoms with E-state index in [-0.39, 0.29) is 23.6 Å². The van der Waals surface area contributed by atoms with E-state index in [1.165, 1.54) is 23.6 Å². The Morgan fingerprint density at radius 1 is 1.36 bits per heavy atom. The van der Waals surface area contributed by atoms with E-state index in [1.54, 1.807) is 13.0 Å². The van der Waals surface area contributed by atoms with Gasteiger partial charge in [-0.3, -0.25) is 9.59 Å². The molecule has 0 spiro atoms. The topological polar surface area (TPSA) is 43.4 Å². The summed E-state index contributed by atoms with van der Waals surface area (Å²) >= 11 is 0. The third-order valence-corrected chi connectivity index (χ3v) is 5.59. The summed E-state index contributed by atoms with van der Waals surface area (Å²) in [5.74, 6) is 0.214. The molecule has 3 atom stereocenters. The van der Waals surface area contributed by atoms with E-state index < -0.39 is 5.60 Å². The number of fused-ring (bicyclic) bond motifs is 1. The van der Waals surface area contributed by atoms with Crippen LogP contribution in [0.4, 0.5) is 0 Å². The molecule has 0 saturated carbocycles. The van der Waals surface area contributed by atoms with Gasteiger partial charge >= 0.3 is 5.97 Å². The number of ketones is 1. The number of allylic oxidation sites excluding steroid dienone is 5. The average molecular weight is 344 g/mol. The van der Waals surface area contributed by atoms with E-state index in [9.17, 15) is 9.59 Å². The van der Waals surface area contributed by atoms with Crippen molar-refractivity contribution in [2.75, 3.05) is 0 Å². The molecule has 25 heavy (non-hydrogen) atoms. The summed E-state index contributed by atoms with van der Waals surface area (Å²) in [4.78, 5) is 24.4. The quantitative estimate of drug-likeness (QED) is 0.510. The summed E-state index contributed by atoms with van der Waals surface area (Å²) < 4.78 is 5.56. The van der Waals surface area contributed by atoms with Crippen LogP contribution < -0.4 is 0 Å². The fraction of sp³-hybridized carbons (Fsp3) is 0.636. The molecular weight excluding hydrogens is 312 g/mol. The molecule has 0 fully saturated rings. The molecule has 0 N–H and O–H groups in total. The minimum atomic E-state index is -1.03. The monoisotopic (exact) mass is 344 g/mol. The zero-order valence-electron chi connectivity index (χ0n) is 16.5. The molecule has 0 aliphatic heterocycles. The molecule has 0 unspecified atom stereocenters. The SMILES string of the molecule is CC(=O)O[C@@]1(C)C(=O)C=C(C(C)C)[C@H]2CC(CCC=C(C)C)=CC[C@H]21. The highest BCUT2D eigenvalue weighted by atomic mass is 16.6. The van der Waals surface area contributed by atoms with E-state index in [0.29, 0.717) is 5.92 Å². The Morgan fingerprint density at radius 2 is 2.04 bits per heavy atom. The maximum absolute atomic E-state index is 12.8. The molecule has 0 aromatic rings. The average Bonchev–Trinajstić information content (AvgIpc) is 2.49. The number of esters is 1. The second kappa shape index (κ2) is 7.72. The van der Waals surface area contributed by atoms with Gasteiger partial charge in [0, 0.05) is 12.8 Å². The van der Waals surface area contributed by atoms with Crippen LogP contribution in [-0.4, -0.2) is 17.4 Å². The Kier molecular flexibility index (Phi) is 6.08. The van der Waals surface area contributed by atoms with Crippen molar-refractivity contribution in [3.05, 3.63) is 34.9 Å². The number of rotatable bonds is 5. The molecule has 0 radical (unpaired) electrons. The van der Waals surface area contributed by atoms with Gasteiger partial charge < -0.3 is 4.74 Å². The Labute approximate surface area is 152 Å². The number of hydrogen-bond acceptors (Lipinski definition) is 3. The van der Waals surface area contributed by atoms with E-state index in [4.69, 9.17) is 4.74 Å². The fourth-order valence-corrected chi connectivity index (χ4v) is 4.28. The van der Waals surface area contributed by atoms with Gasteiger partial charge in [-0.2, -0.15) is 0 Å². The van der Waals surface area contributed by atoms with Crippen LogP contribution in [0.1, 0.15) is 67.2 Å². The number of ether oxygens (including phenoxy) is 1. The Hall–Kier alpha value is -1.64. The van der Waals surface area contributed by atoms with Crippen molar-refractivity contribution < 1.29 is 14.3 Å². The molecule has 2 aliphatic carbocycles. The molecule has 0 saturated heterocycles. The largest absolute Gasteiger partial charge is 0.451 e. The summed E-state index contributed by atoms with van der Waals surface area (Å²) in [7, 11) is 0. The second-order valence-electron chi connectivity index (χ2n) is 8.20. The lowest BCUT2D eigenvalue weighted by Gasteiger charge is -2.46. The van der Waals surface area contributed by atoms with Crippen LogP contribution >= 0.6 is 0 Å². The zero-order valence-corrected chi connectivity index (χ0v) is 16.5. The van der Waals surface area contributed by atoms with E-state index in [2.05, 4.69) is 39.8 Å². The molecule has 138 valence electrons. The van der Waals surface area contributed by atoms with E-state index in [0.717, 1.165) is 25.7 Å². The molecule has 2 rings (SSSR count). The van der Waals surface area contributed by atoms with Crippen molar-refractivity contribution in [3.8, 4) is 0 Å². The standard InChI is InChI=1S/C22H32O3/c1-14(2)8-7-9-17-10-11-20-19(12-17)18(15(3)4)13-21(24)22(20,6)25-16(5)23/h8,10,13,15,19-20H,7,9,11-12H2,1-6H3/t19-,20-,22-/m1/s1. The van der Waals surface area contributed by atoms with Crippen LogP contribution in [0.2, 0.25) is 0 Å². The van der Waals surface area contributed by atoms with Crippen LogP contribution in [0.15, 0.2) is 34.9 Å². The molecule has 0 aromatic heterocycles. The molecular formula is C22H32O3. The van der Waals surface area contributed by atoms with Crippen molar-refractivity contribution >= 4 is 11.8 Å². The third-order valence-electron chi connectivity index (χ3n) is 5.59.